The van der Waals surface area contributed by atoms with E-state index in [0.29, 0.717) is 12.8 Å². The largest absolute Gasteiger partial charge is 0.390 e. The second-order valence-electron chi connectivity index (χ2n) is 9.13. The highest BCUT2D eigenvalue weighted by molar-refractivity contribution is 6.02. The molecule has 0 aromatic rings. The number of hydrogen-bond acceptors (Lipinski definition) is 6. The highest BCUT2D eigenvalue weighted by Gasteiger charge is 2.71. The Morgan fingerprint density at radius 3 is 2.67 bits per heavy atom. The SMILES string of the molecule is C[C@]12C=CC(=O)C=C1CC[C@@H]1[C@@H]2C(=O)C[C@@]2(C)[C@H]1C[C@H](O)[C@@]2(O)C(=O)CO. The van der Waals surface area contributed by atoms with Crippen LogP contribution in [0.2, 0.25) is 0 Å². The number of fused-ring (bicyclic) bond motifs is 5. The third kappa shape index (κ3) is 2.15. The van der Waals surface area contributed by atoms with Gasteiger partial charge in [-0.3, -0.25) is 14.4 Å². The molecule has 0 aromatic heterocycles. The number of hydrogen-bond donors (Lipinski definition) is 3. The standard InChI is InChI=1S/C21H26O6/c1-19-6-5-12(23)7-11(19)3-4-13-14-8-16(25)21(27,17(26)10-22)20(14,2)9-15(24)18(13)19/h5-7,13-14,16,18,22,25,27H,3-4,8-10H2,1-2H3/t13-,14-,16-,18+,19-,20-,21+/m0/s1. The molecule has 27 heavy (non-hydrogen) atoms. The monoisotopic (exact) mass is 374 g/mol. The lowest BCUT2D eigenvalue weighted by Crippen LogP contribution is -2.63. The first-order chi connectivity index (χ1) is 12.6. The minimum Gasteiger partial charge on any atom is -0.390 e. The maximum Gasteiger partial charge on any atom is 0.192 e. The first-order valence-electron chi connectivity index (χ1n) is 9.61. The van der Waals surface area contributed by atoms with E-state index in [0.717, 1.165) is 5.57 Å². The van der Waals surface area contributed by atoms with Gasteiger partial charge in [-0.2, -0.15) is 0 Å². The predicted molar refractivity (Wildman–Crippen MR) is 95.4 cm³/mol. The quantitative estimate of drug-likeness (QED) is 0.657. The van der Waals surface area contributed by atoms with Crippen molar-refractivity contribution in [1.82, 2.24) is 0 Å². The van der Waals surface area contributed by atoms with E-state index in [1.54, 1.807) is 13.0 Å². The molecule has 3 fully saturated rings. The fraction of sp³-hybridized carbons (Fsp3) is 0.667. The number of aliphatic hydroxyl groups excluding tert-OH is 2. The number of Topliss-reactive ketones (excluding diaryl/α,β-unsaturated/α-hetero) is 2. The number of carbonyl (C=O) groups excluding carboxylic acids is 3. The van der Waals surface area contributed by atoms with Crippen LogP contribution in [0, 0.1) is 28.6 Å². The first kappa shape index (κ1) is 18.7. The molecular weight excluding hydrogens is 348 g/mol. The minimum atomic E-state index is -2.11. The number of ketones is 3. The highest BCUT2D eigenvalue weighted by atomic mass is 16.4. The van der Waals surface area contributed by atoms with Crippen molar-refractivity contribution in [1.29, 1.82) is 0 Å². The van der Waals surface area contributed by atoms with Crippen LogP contribution in [0.4, 0.5) is 0 Å². The first-order valence-corrected chi connectivity index (χ1v) is 9.61. The van der Waals surface area contributed by atoms with Crippen LogP contribution in [0.1, 0.15) is 39.5 Å². The summed E-state index contributed by atoms with van der Waals surface area (Å²) in [6.07, 6.45) is 5.23. The van der Waals surface area contributed by atoms with Gasteiger partial charge in [-0.15, -0.1) is 0 Å². The minimum absolute atomic E-state index is 0.0250. The summed E-state index contributed by atoms with van der Waals surface area (Å²) in [6, 6.07) is 0. The van der Waals surface area contributed by atoms with E-state index in [4.69, 9.17) is 0 Å². The Morgan fingerprint density at radius 1 is 1.30 bits per heavy atom. The van der Waals surface area contributed by atoms with Crippen LogP contribution in [0.25, 0.3) is 0 Å². The molecule has 4 aliphatic carbocycles. The second kappa shape index (κ2) is 5.69. The third-order valence-electron chi connectivity index (χ3n) is 8.05. The lowest BCUT2D eigenvalue weighted by Gasteiger charge is -2.56. The Labute approximate surface area is 158 Å². The van der Waals surface area contributed by atoms with Crippen molar-refractivity contribution in [2.45, 2.75) is 51.2 Å². The zero-order chi connectivity index (χ0) is 19.8. The fourth-order valence-corrected chi connectivity index (χ4v) is 6.67. The molecule has 3 N–H and O–H groups in total. The van der Waals surface area contributed by atoms with Gasteiger partial charge in [-0.05, 0) is 43.3 Å². The van der Waals surface area contributed by atoms with Crippen molar-refractivity contribution >= 4 is 17.3 Å². The summed E-state index contributed by atoms with van der Waals surface area (Å²) in [6.45, 7) is 2.81. The summed E-state index contributed by atoms with van der Waals surface area (Å²) < 4.78 is 0. The average Bonchev–Trinajstić information content (AvgIpc) is 2.82. The molecule has 0 radical (unpaired) electrons. The van der Waals surface area contributed by atoms with Gasteiger partial charge in [0.1, 0.15) is 12.4 Å². The van der Waals surface area contributed by atoms with E-state index in [1.165, 1.54) is 6.08 Å². The zero-order valence-electron chi connectivity index (χ0n) is 15.6. The van der Waals surface area contributed by atoms with Gasteiger partial charge in [0.2, 0.25) is 0 Å². The van der Waals surface area contributed by atoms with Gasteiger partial charge in [0, 0.05) is 23.2 Å². The molecule has 0 bridgehead atoms. The van der Waals surface area contributed by atoms with E-state index < -0.39 is 34.9 Å². The molecule has 0 saturated heterocycles. The van der Waals surface area contributed by atoms with Crippen molar-refractivity contribution in [2.75, 3.05) is 6.61 Å². The number of allylic oxidation sites excluding steroid dienone is 4. The lowest BCUT2D eigenvalue weighted by molar-refractivity contribution is -0.179. The Kier molecular flexibility index (Phi) is 3.94. The van der Waals surface area contributed by atoms with Crippen molar-refractivity contribution in [3.63, 3.8) is 0 Å². The molecule has 0 amide bonds. The molecule has 6 heteroatoms. The Morgan fingerprint density at radius 2 is 2.00 bits per heavy atom. The molecule has 4 rings (SSSR count). The lowest BCUT2D eigenvalue weighted by atomic mass is 9.46. The number of aliphatic hydroxyl groups is 3. The predicted octanol–water partition coefficient (Wildman–Crippen LogP) is 0.737. The van der Waals surface area contributed by atoms with Gasteiger partial charge in [0.05, 0.1) is 6.10 Å². The summed E-state index contributed by atoms with van der Waals surface area (Å²) in [7, 11) is 0. The normalized spacial score (nSPS) is 48.6. The summed E-state index contributed by atoms with van der Waals surface area (Å²) in [5.41, 5.74) is -2.78. The van der Waals surface area contributed by atoms with E-state index in [2.05, 4.69) is 0 Å². The molecule has 3 saturated carbocycles. The fourth-order valence-electron chi connectivity index (χ4n) is 6.67. The second-order valence-corrected chi connectivity index (χ2v) is 9.13. The highest BCUT2D eigenvalue weighted by Crippen LogP contribution is 2.66. The molecule has 4 aliphatic rings. The smallest absolute Gasteiger partial charge is 0.192 e. The van der Waals surface area contributed by atoms with Crippen LogP contribution >= 0.6 is 0 Å². The van der Waals surface area contributed by atoms with Crippen molar-refractivity contribution in [3.8, 4) is 0 Å². The average molecular weight is 374 g/mol. The van der Waals surface area contributed by atoms with Gasteiger partial charge in [-0.25, -0.2) is 0 Å². The summed E-state index contributed by atoms with van der Waals surface area (Å²) in [4.78, 5) is 37.5. The van der Waals surface area contributed by atoms with Crippen molar-refractivity contribution in [2.24, 2.45) is 28.6 Å². The molecular formula is C21H26O6. The molecule has 0 spiro atoms. The molecule has 7 atom stereocenters. The zero-order valence-corrected chi connectivity index (χ0v) is 15.6. The van der Waals surface area contributed by atoms with Gasteiger partial charge < -0.3 is 15.3 Å². The van der Waals surface area contributed by atoms with Gasteiger partial charge in [0.25, 0.3) is 0 Å². The van der Waals surface area contributed by atoms with Crippen LogP contribution in [0.5, 0.6) is 0 Å². The van der Waals surface area contributed by atoms with Crippen molar-refractivity contribution in [3.05, 3.63) is 23.8 Å². The van der Waals surface area contributed by atoms with Crippen LogP contribution in [-0.2, 0) is 14.4 Å². The van der Waals surface area contributed by atoms with E-state index in [9.17, 15) is 29.7 Å². The van der Waals surface area contributed by atoms with E-state index >= 15 is 0 Å². The number of carbonyl (C=O) groups is 3. The summed E-state index contributed by atoms with van der Waals surface area (Å²) in [5, 5.41) is 31.1. The molecule has 6 nitrogen and oxygen atoms in total. The Balaban J connectivity index is 1.79. The maximum atomic E-state index is 13.3. The maximum absolute atomic E-state index is 13.3. The topological polar surface area (TPSA) is 112 Å². The molecule has 0 unspecified atom stereocenters. The number of rotatable bonds is 2. The van der Waals surface area contributed by atoms with Crippen LogP contribution in [0.15, 0.2) is 23.8 Å². The van der Waals surface area contributed by atoms with Gasteiger partial charge >= 0.3 is 0 Å². The van der Waals surface area contributed by atoms with Gasteiger partial charge in [0.15, 0.2) is 17.2 Å². The van der Waals surface area contributed by atoms with Crippen LogP contribution < -0.4 is 0 Å². The Hall–Kier alpha value is -1.63. The van der Waals surface area contributed by atoms with Gasteiger partial charge in [-0.1, -0.05) is 25.5 Å². The van der Waals surface area contributed by atoms with E-state index in [1.807, 2.05) is 13.0 Å². The van der Waals surface area contributed by atoms with Crippen LogP contribution in [0.3, 0.4) is 0 Å². The van der Waals surface area contributed by atoms with Crippen molar-refractivity contribution < 1.29 is 29.7 Å². The third-order valence-corrected chi connectivity index (χ3v) is 8.05. The molecule has 0 aliphatic heterocycles. The summed E-state index contributed by atoms with van der Waals surface area (Å²) >= 11 is 0. The molecule has 0 heterocycles. The molecule has 0 aromatic carbocycles. The van der Waals surface area contributed by atoms with E-state index in [-0.39, 0.29) is 42.2 Å². The van der Waals surface area contributed by atoms with Crippen LogP contribution in [-0.4, -0.2) is 51.0 Å². The molecule has 146 valence electrons. The summed E-state index contributed by atoms with van der Waals surface area (Å²) in [5.74, 6) is -1.57. The Bertz CT molecular complexity index is 796.